The van der Waals surface area contributed by atoms with Crippen LogP contribution >= 0.6 is 11.3 Å². The van der Waals surface area contributed by atoms with Crippen molar-refractivity contribution < 1.29 is 4.39 Å². The molecular weight excluding hydrogens is 473 g/mol. The van der Waals surface area contributed by atoms with Gasteiger partial charge in [0, 0.05) is 26.2 Å². The number of para-hydroxylation sites is 1. The zero-order valence-corrected chi connectivity index (χ0v) is 20.8. The summed E-state index contributed by atoms with van der Waals surface area (Å²) >= 11 is 1.75. The first-order valence-corrected chi connectivity index (χ1v) is 12.9. The highest BCUT2D eigenvalue weighted by Gasteiger charge is 2.31. The molecule has 182 valence electrons. The summed E-state index contributed by atoms with van der Waals surface area (Å²) in [5.41, 5.74) is 4.37. The largest absolute Gasteiger partial charge is 0.345 e. The third kappa shape index (κ3) is 4.59. The minimum absolute atomic E-state index is 0.0847. The Morgan fingerprint density at radius 3 is 2.42 bits per heavy atom. The van der Waals surface area contributed by atoms with Gasteiger partial charge in [-0.1, -0.05) is 65.4 Å². The third-order valence-corrected chi connectivity index (χ3v) is 7.77. The van der Waals surface area contributed by atoms with E-state index < -0.39 is 0 Å². The van der Waals surface area contributed by atoms with Crippen LogP contribution in [0, 0.1) is 12.7 Å². The normalized spacial score (nSPS) is 15.4. The zero-order valence-electron chi connectivity index (χ0n) is 20.0. The van der Waals surface area contributed by atoms with Crippen molar-refractivity contribution >= 4 is 26.7 Å². The number of hydrogen-bond acceptors (Lipinski definition) is 7. The van der Waals surface area contributed by atoms with Crippen molar-refractivity contribution in [3.8, 4) is 0 Å². The lowest BCUT2D eigenvalue weighted by Gasteiger charge is -2.38. The van der Waals surface area contributed by atoms with E-state index in [1.165, 1.54) is 22.4 Å². The van der Waals surface area contributed by atoms with E-state index in [9.17, 15) is 4.39 Å². The SMILES string of the molecule is Cc1ccc([C@@H](c2nnnn2Cc2ccc(F)cc2)N2CCN(c3nc4ccccc4s3)CC2)cc1. The molecule has 9 heteroatoms. The molecule has 0 aliphatic carbocycles. The second-order valence-electron chi connectivity index (χ2n) is 9.12. The molecule has 0 bridgehead atoms. The molecule has 1 aliphatic heterocycles. The number of aromatic nitrogens is 5. The Labute approximate surface area is 212 Å². The van der Waals surface area contributed by atoms with Gasteiger partial charge in [-0.2, -0.15) is 0 Å². The second-order valence-corrected chi connectivity index (χ2v) is 10.1. The van der Waals surface area contributed by atoms with Crippen molar-refractivity contribution in [3.63, 3.8) is 0 Å². The quantitative estimate of drug-likeness (QED) is 0.338. The second kappa shape index (κ2) is 9.75. The van der Waals surface area contributed by atoms with E-state index in [0.29, 0.717) is 6.54 Å². The minimum atomic E-state index is -0.251. The molecular formula is C27H26FN7S. The maximum atomic E-state index is 13.4. The number of tetrazole rings is 1. The Balaban J connectivity index is 1.27. The van der Waals surface area contributed by atoms with Crippen molar-refractivity contribution in [1.82, 2.24) is 30.1 Å². The minimum Gasteiger partial charge on any atom is -0.345 e. The molecule has 1 saturated heterocycles. The third-order valence-electron chi connectivity index (χ3n) is 6.68. The molecule has 36 heavy (non-hydrogen) atoms. The Kier molecular flexibility index (Phi) is 6.16. The first-order valence-electron chi connectivity index (χ1n) is 12.1. The molecule has 1 atom stereocenters. The first-order chi connectivity index (χ1) is 17.6. The van der Waals surface area contributed by atoms with Gasteiger partial charge in [-0.15, -0.1) is 5.10 Å². The number of nitrogens with zero attached hydrogens (tertiary/aromatic N) is 7. The summed E-state index contributed by atoms with van der Waals surface area (Å²) in [6.07, 6.45) is 0. The van der Waals surface area contributed by atoms with Gasteiger partial charge in [0.05, 0.1) is 22.8 Å². The summed E-state index contributed by atoms with van der Waals surface area (Å²) in [4.78, 5) is 9.67. The maximum Gasteiger partial charge on any atom is 0.186 e. The molecule has 0 amide bonds. The smallest absolute Gasteiger partial charge is 0.186 e. The first kappa shape index (κ1) is 22.8. The fourth-order valence-electron chi connectivity index (χ4n) is 4.72. The number of aryl methyl sites for hydroxylation is 1. The van der Waals surface area contributed by atoms with Crippen LogP contribution in [0.25, 0.3) is 10.2 Å². The van der Waals surface area contributed by atoms with Crippen LogP contribution < -0.4 is 4.90 Å². The van der Waals surface area contributed by atoms with Crippen LogP contribution in [-0.4, -0.2) is 56.3 Å². The van der Waals surface area contributed by atoms with Crippen molar-refractivity contribution in [1.29, 1.82) is 0 Å². The highest BCUT2D eigenvalue weighted by atomic mass is 32.1. The molecule has 3 heterocycles. The van der Waals surface area contributed by atoms with Crippen molar-refractivity contribution in [2.45, 2.75) is 19.5 Å². The summed E-state index contributed by atoms with van der Waals surface area (Å²) in [5, 5.41) is 13.9. The van der Waals surface area contributed by atoms with Crippen LogP contribution in [0.3, 0.4) is 0 Å². The van der Waals surface area contributed by atoms with Gasteiger partial charge < -0.3 is 4.90 Å². The Morgan fingerprint density at radius 1 is 0.917 bits per heavy atom. The topological polar surface area (TPSA) is 63.0 Å². The number of halogens is 1. The molecule has 5 aromatic rings. The molecule has 2 aromatic heterocycles. The van der Waals surface area contributed by atoms with Gasteiger partial charge in [0.15, 0.2) is 11.0 Å². The van der Waals surface area contributed by atoms with Crippen molar-refractivity contribution in [2.75, 3.05) is 31.1 Å². The molecule has 6 rings (SSSR count). The van der Waals surface area contributed by atoms with E-state index in [2.05, 4.69) is 74.7 Å². The number of fused-ring (bicyclic) bond motifs is 1. The lowest BCUT2D eigenvalue weighted by atomic mass is 10.0. The molecule has 1 aliphatic rings. The van der Waals surface area contributed by atoms with Gasteiger partial charge in [0.1, 0.15) is 5.82 Å². The van der Waals surface area contributed by atoms with Gasteiger partial charge >= 0.3 is 0 Å². The van der Waals surface area contributed by atoms with E-state index in [1.54, 1.807) is 23.5 Å². The van der Waals surface area contributed by atoms with Gasteiger partial charge in [-0.25, -0.2) is 14.1 Å². The highest BCUT2D eigenvalue weighted by molar-refractivity contribution is 7.22. The lowest BCUT2D eigenvalue weighted by Crippen LogP contribution is -2.48. The van der Waals surface area contributed by atoms with Crippen molar-refractivity contribution in [2.24, 2.45) is 0 Å². The van der Waals surface area contributed by atoms with Crippen LogP contribution in [-0.2, 0) is 6.54 Å². The summed E-state index contributed by atoms with van der Waals surface area (Å²) in [7, 11) is 0. The predicted octanol–water partition coefficient (Wildman–Crippen LogP) is 4.69. The molecule has 0 spiro atoms. The van der Waals surface area contributed by atoms with E-state index in [-0.39, 0.29) is 11.9 Å². The van der Waals surface area contributed by atoms with E-state index in [0.717, 1.165) is 53.8 Å². The van der Waals surface area contributed by atoms with E-state index in [4.69, 9.17) is 4.98 Å². The Morgan fingerprint density at radius 2 is 1.67 bits per heavy atom. The lowest BCUT2D eigenvalue weighted by molar-refractivity contribution is 0.201. The summed E-state index contributed by atoms with van der Waals surface area (Å²) in [6, 6.07) is 23.3. The molecule has 0 unspecified atom stereocenters. The van der Waals surface area contributed by atoms with E-state index >= 15 is 0 Å². The van der Waals surface area contributed by atoms with Gasteiger partial charge in [-0.05, 0) is 52.7 Å². The van der Waals surface area contributed by atoms with E-state index in [1.807, 2.05) is 10.7 Å². The average Bonchev–Trinajstić information content (AvgIpc) is 3.54. The molecule has 0 radical (unpaired) electrons. The number of anilines is 1. The van der Waals surface area contributed by atoms with Crippen LogP contribution in [0.15, 0.2) is 72.8 Å². The number of hydrogen-bond donors (Lipinski definition) is 0. The fourth-order valence-corrected chi connectivity index (χ4v) is 5.74. The van der Waals surface area contributed by atoms with Gasteiger partial charge in [0.25, 0.3) is 0 Å². The molecule has 0 saturated carbocycles. The number of piperazine rings is 1. The summed E-state index contributed by atoms with van der Waals surface area (Å²) in [5.74, 6) is 0.538. The number of benzene rings is 3. The predicted molar refractivity (Wildman–Crippen MR) is 140 cm³/mol. The molecule has 1 fully saturated rings. The van der Waals surface area contributed by atoms with Crippen LogP contribution in [0.2, 0.25) is 0 Å². The standard InChI is InChI=1S/C27H26FN7S/c1-19-6-10-21(11-7-19)25(26-30-31-32-35(26)18-20-8-12-22(28)13-9-20)33-14-16-34(17-15-33)27-29-23-4-2-3-5-24(23)36-27/h2-13,25H,14-18H2,1H3/t25-/m0/s1. The van der Waals surface area contributed by atoms with Gasteiger partial charge in [-0.3, -0.25) is 4.90 Å². The monoisotopic (exact) mass is 499 g/mol. The number of rotatable bonds is 6. The van der Waals surface area contributed by atoms with Crippen LogP contribution in [0.4, 0.5) is 9.52 Å². The van der Waals surface area contributed by atoms with Gasteiger partial charge in [0.2, 0.25) is 0 Å². The molecule has 0 N–H and O–H groups in total. The average molecular weight is 500 g/mol. The molecule has 7 nitrogen and oxygen atoms in total. The zero-order chi connectivity index (χ0) is 24.5. The Bertz CT molecular complexity index is 1420. The van der Waals surface area contributed by atoms with Crippen LogP contribution in [0.5, 0.6) is 0 Å². The van der Waals surface area contributed by atoms with Crippen molar-refractivity contribution in [3.05, 3.63) is 101 Å². The summed E-state index contributed by atoms with van der Waals surface area (Å²) < 4.78 is 16.5. The summed E-state index contributed by atoms with van der Waals surface area (Å²) in [6.45, 7) is 6.05. The number of thiazole rings is 1. The van der Waals surface area contributed by atoms with Crippen LogP contribution in [0.1, 0.15) is 28.6 Å². The molecule has 3 aromatic carbocycles. The highest BCUT2D eigenvalue weighted by Crippen LogP contribution is 2.32. The Hall–Kier alpha value is -3.69. The fraction of sp³-hybridized carbons (Fsp3) is 0.259. The maximum absolute atomic E-state index is 13.4.